The van der Waals surface area contributed by atoms with Crippen LogP contribution in [0.25, 0.3) is 0 Å². The van der Waals surface area contributed by atoms with E-state index in [1.165, 1.54) is 53.7 Å². The zero-order chi connectivity index (χ0) is 32.8. The van der Waals surface area contributed by atoms with Crippen LogP contribution in [0.4, 0.5) is 9.18 Å². The van der Waals surface area contributed by atoms with Gasteiger partial charge in [0.2, 0.25) is 16.3 Å². The van der Waals surface area contributed by atoms with E-state index in [4.69, 9.17) is 14.2 Å². The van der Waals surface area contributed by atoms with E-state index in [1.54, 1.807) is 18.2 Å². The standard InChI is InChI=1S/C32H35FN2O9S/c1-21(2)15-29(36)42-22(3)43-31(39)34-28(30(37)38)17-23-9-7-14-27(16-23)45(40,41)35-19-32(20-35,24-10-5-4-6-11-24)44-26-13-8-12-25(33)18-26/h4-14,16,18,21-22,28H,15,17,19-20H2,1-3H3,(H,34,39)(H,37,38)/t22?,28-/m0/s1. The summed E-state index contributed by atoms with van der Waals surface area (Å²) < 4.78 is 58.5. The summed E-state index contributed by atoms with van der Waals surface area (Å²) >= 11 is 0. The normalized spacial score (nSPS) is 15.8. The van der Waals surface area contributed by atoms with E-state index in [9.17, 15) is 32.3 Å². The molecule has 1 aliphatic rings. The van der Waals surface area contributed by atoms with Crippen LogP contribution in [0.2, 0.25) is 0 Å². The third-order valence-electron chi connectivity index (χ3n) is 6.98. The van der Waals surface area contributed by atoms with Gasteiger partial charge in [-0.1, -0.05) is 62.4 Å². The number of hydrogen-bond acceptors (Lipinski definition) is 8. The molecule has 1 fully saturated rings. The fourth-order valence-corrected chi connectivity index (χ4v) is 6.44. The minimum absolute atomic E-state index is 0.0376. The Morgan fingerprint density at radius 3 is 2.29 bits per heavy atom. The maximum Gasteiger partial charge on any atom is 0.410 e. The zero-order valence-corrected chi connectivity index (χ0v) is 25.8. The molecule has 3 aromatic carbocycles. The number of hydrogen-bond donors (Lipinski definition) is 2. The number of esters is 1. The Hall–Kier alpha value is -4.49. The molecule has 3 aromatic rings. The van der Waals surface area contributed by atoms with E-state index in [1.807, 2.05) is 32.0 Å². The Bertz CT molecular complexity index is 1630. The van der Waals surface area contributed by atoms with Crippen LogP contribution in [0.1, 0.15) is 38.3 Å². The number of carbonyl (C=O) groups is 3. The van der Waals surface area contributed by atoms with Gasteiger partial charge in [0.25, 0.3) is 0 Å². The molecule has 1 aliphatic heterocycles. The second-order valence-corrected chi connectivity index (χ2v) is 13.1. The number of aliphatic carboxylic acids is 1. The molecule has 13 heteroatoms. The molecule has 1 amide bonds. The molecule has 1 heterocycles. The summed E-state index contributed by atoms with van der Waals surface area (Å²) in [5.74, 6) is -2.14. The van der Waals surface area contributed by atoms with Crippen molar-refractivity contribution >= 4 is 28.1 Å². The van der Waals surface area contributed by atoms with E-state index >= 15 is 0 Å². The molecule has 0 aliphatic carbocycles. The predicted octanol–water partition coefficient (Wildman–Crippen LogP) is 4.46. The van der Waals surface area contributed by atoms with Crippen molar-refractivity contribution in [1.29, 1.82) is 0 Å². The number of alkyl carbamates (subject to hydrolysis) is 1. The lowest BCUT2D eigenvalue weighted by Crippen LogP contribution is -2.64. The summed E-state index contributed by atoms with van der Waals surface area (Å²) in [7, 11) is -4.05. The van der Waals surface area contributed by atoms with Gasteiger partial charge in [0.1, 0.15) is 17.6 Å². The van der Waals surface area contributed by atoms with Gasteiger partial charge in [0.15, 0.2) is 5.60 Å². The number of halogens is 1. The van der Waals surface area contributed by atoms with Crippen LogP contribution < -0.4 is 10.1 Å². The van der Waals surface area contributed by atoms with Crippen LogP contribution in [0.5, 0.6) is 5.75 Å². The molecule has 0 radical (unpaired) electrons. The highest BCUT2D eigenvalue weighted by molar-refractivity contribution is 7.89. The van der Waals surface area contributed by atoms with Crippen LogP contribution in [0, 0.1) is 11.7 Å². The molecule has 11 nitrogen and oxygen atoms in total. The molecule has 2 N–H and O–H groups in total. The highest BCUT2D eigenvalue weighted by Crippen LogP contribution is 2.40. The Kier molecular flexibility index (Phi) is 10.5. The predicted molar refractivity (Wildman–Crippen MR) is 160 cm³/mol. The molecule has 1 saturated heterocycles. The van der Waals surface area contributed by atoms with Gasteiger partial charge in [-0.15, -0.1) is 0 Å². The first-order valence-corrected chi connectivity index (χ1v) is 15.7. The van der Waals surface area contributed by atoms with Crippen molar-refractivity contribution in [2.24, 2.45) is 5.92 Å². The van der Waals surface area contributed by atoms with Crippen LogP contribution in [0.15, 0.2) is 83.8 Å². The first kappa shape index (κ1) is 33.4. The van der Waals surface area contributed by atoms with Gasteiger partial charge in [-0.3, -0.25) is 4.79 Å². The van der Waals surface area contributed by atoms with Crippen molar-refractivity contribution in [2.45, 2.75) is 56.4 Å². The lowest BCUT2D eigenvalue weighted by molar-refractivity contribution is -0.166. The van der Waals surface area contributed by atoms with Crippen molar-refractivity contribution in [3.63, 3.8) is 0 Å². The highest BCUT2D eigenvalue weighted by Gasteiger charge is 2.52. The summed E-state index contributed by atoms with van der Waals surface area (Å²) in [6.45, 7) is 4.87. The second-order valence-electron chi connectivity index (χ2n) is 11.1. The molecule has 4 rings (SSSR count). The largest absolute Gasteiger partial charge is 0.480 e. The molecule has 0 spiro atoms. The second kappa shape index (κ2) is 14.1. The minimum atomic E-state index is -4.05. The summed E-state index contributed by atoms with van der Waals surface area (Å²) in [5, 5.41) is 11.9. The molecule has 1 unspecified atom stereocenters. The Balaban J connectivity index is 1.44. The number of carboxylic acid groups (broad SMARTS) is 1. The number of ether oxygens (including phenoxy) is 3. The van der Waals surface area contributed by atoms with Gasteiger partial charge in [-0.2, -0.15) is 4.31 Å². The number of benzene rings is 3. The summed E-state index contributed by atoms with van der Waals surface area (Å²) in [5.41, 5.74) is -0.00894. The van der Waals surface area contributed by atoms with E-state index in [2.05, 4.69) is 5.32 Å². The fourth-order valence-electron chi connectivity index (χ4n) is 4.83. The Morgan fingerprint density at radius 2 is 1.64 bits per heavy atom. The molecule has 45 heavy (non-hydrogen) atoms. The van der Waals surface area contributed by atoms with Gasteiger partial charge in [-0.05, 0) is 41.3 Å². The average Bonchev–Trinajstić information content (AvgIpc) is 2.94. The first-order valence-electron chi connectivity index (χ1n) is 14.3. The van der Waals surface area contributed by atoms with Gasteiger partial charge in [0.05, 0.1) is 18.0 Å². The van der Waals surface area contributed by atoms with Crippen LogP contribution in [0.3, 0.4) is 0 Å². The van der Waals surface area contributed by atoms with Crippen molar-refractivity contribution in [1.82, 2.24) is 9.62 Å². The SMILES string of the molecule is CC(C)CC(=O)OC(C)OC(=O)N[C@@H](Cc1cccc(S(=O)(=O)N2CC(Oc3cccc(F)c3)(c3ccccc3)C2)c1)C(=O)O. The Labute approximate surface area is 261 Å². The van der Waals surface area contributed by atoms with E-state index in [0.29, 0.717) is 5.56 Å². The van der Waals surface area contributed by atoms with Gasteiger partial charge < -0.3 is 24.6 Å². The van der Waals surface area contributed by atoms with Gasteiger partial charge in [-0.25, -0.2) is 22.4 Å². The number of carbonyl (C=O) groups excluding carboxylic acids is 2. The summed E-state index contributed by atoms with van der Waals surface area (Å²) in [6, 6.07) is 18.9. The Morgan fingerprint density at radius 1 is 0.956 bits per heavy atom. The lowest BCUT2D eigenvalue weighted by Gasteiger charge is -2.48. The fraction of sp³-hybridized carbons (Fsp3) is 0.344. The average molecular weight is 643 g/mol. The quantitative estimate of drug-likeness (QED) is 0.204. The number of sulfonamides is 1. The third kappa shape index (κ3) is 8.58. The minimum Gasteiger partial charge on any atom is -0.480 e. The van der Waals surface area contributed by atoms with E-state index in [0.717, 1.165) is 5.56 Å². The maximum atomic E-state index is 13.9. The first-order chi connectivity index (χ1) is 21.3. The third-order valence-corrected chi connectivity index (χ3v) is 8.77. The molecular formula is C32H35FN2O9S. The van der Waals surface area contributed by atoms with Gasteiger partial charge >= 0.3 is 18.0 Å². The van der Waals surface area contributed by atoms with Crippen molar-refractivity contribution < 1.29 is 46.5 Å². The smallest absolute Gasteiger partial charge is 0.410 e. The summed E-state index contributed by atoms with van der Waals surface area (Å²) in [6.07, 6.45) is -2.50. The highest BCUT2D eigenvalue weighted by atomic mass is 32.2. The summed E-state index contributed by atoms with van der Waals surface area (Å²) in [4.78, 5) is 36.0. The number of amides is 1. The molecule has 0 bridgehead atoms. The lowest BCUT2D eigenvalue weighted by atomic mass is 9.87. The van der Waals surface area contributed by atoms with Crippen LogP contribution in [-0.2, 0) is 41.1 Å². The van der Waals surface area contributed by atoms with Crippen molar-refractivity contribution in [3.05, 3.63) is 95.8 Å². The van der Waals surface area contributed by atoms with Crippen molar-refractivity contribution in [2.75, 3.05) is 13.1 Å². The number of nitrogens with one attached hydrogen (secondary N) is 1. The number of carboxylic acids is 1. The molecule has 2 atom stereocenters. The van der Waals surface area contributed by atoms with Gasteiger partial charge in [0, 0.05) is 25.8 Å². The monoisotopic (exact) mass is 642 g/mol. The van der Waals surface area contributed by atoms with E-state index < -0.39 is 51.8 Å². The van der Waals surface area contributed by atoms with Crippen LogP contribution >= 0.6 is 0 Å². The zero-order valence-electron chi connectivity index (χ0n) is 25.0. The topological polar surface area (TPSA) is 149 Å². The molecule has 0 saturated carbocycles. The molecule has 0 aromatic heterocycles. The molecule has 240 valence electrons. The van der Waals surface area contributed by atoms with E-state index in [-0.39, 0.29) is 42.5 Å². The van der Waals surface area contributed by atoms with Crippen LogP contribution in [-0.4, -0.2) is 61.3 Å². The molecular weight excluding hydrogens is 607 g/mol. The van der Waals surface area contributed by atoms with Crippen molar-refractivity contribution in [3.8, 4) is 5.75 Å². The number of rotatable bonds is 13. The maximum absolute atomic E-state index is 13.9. The number of nitrogens with zero attached hydrogens (tertiary/aromatic N) is 1.